The SMILES string of the molecule is CC1(C)CC(O)CC(C)(C)N1C[C@@H](O)COCc1ccc(Cl)cc1. The van der Waals surface area contributed by atoms with Crippen LogP contribution in [0.3, 0.4) is 0 Å². The maximum atomic E-state index is 10.4. The van der Waals surface area contributed by atoms with Gasteiger partial charge in [0, 0.05) is 22.6 Å². The number of hydrogen-bond donors (Lipinski definition) is 2. The number of hydrogen-bond acceptors (Lipinski definition) is 4. The predicted octanol–water partition coefficient (Wildman–Crippen LogP) is 3.23. The van der Waals surface area contributed by atoms with Crippen molar-refractivity contribution in [2.75, 3.05) is 13.2 Å². The zero-order valence-electron chi connectivity index (χ0n) is 15.1. The first kappa shape index (κ1) is 19.7. The Labute approximate surface area is 150 Å². The molecule has 5 heteroatoms. The van der Waals surface area contributed by atoms with Gasteiger partial charge in [-0.1, -0.05) is 23.7 Å². The van der Waals surface area contributed by atoms with Crippen molar-refractivity contribution < 1.29 is 14.9 Å². The van der Waals surface area contributed by atoms with Crippen molar-refractivity contribution in [2.45, 2.75) is 70.4 Å². The molecule has 0 bridgehead atoms. The topological polar surface area (TPSA) is 52.9 Å². The van der Waals surface area contributed by atoms with E-state index in [1.165, 1.54) is 0 Å². The van der Waals surface area contributed by atoms with Crippen LogP contribution < -0.4 is 0 Å². The number of nitrogens with zero attached hydrogens (tertiary/aromatic N) is 1. The summed E-state index contributed by atoms with van der Waals surface area (Å²) >= 11 is 5.86. The summed E-state index contributed by atoms with van der Waals surface area (Å²) in [6.07, 6.45) is 0.583. The van der Waals surface area contributed by atoms with Crippen LogP contribution in [0, 0.1) is 0 Å². The first-order valence-corrected chi connectivity index (χ1v) is 8.94. The number of benzene rings is 1. The molecule has 1 heterocycles. The lowest BCUT2D eigenvalue weighted by Crippen LogP contribution is -2.63. The molecule has 4 nitrogen and oxygen atoms in total. The van der Waals surface area contributed by atoms with E-state index >= 15 is 0 Å². The molecular weight excluding hydrogens is 326 g/mol. The number of β-amino-alcohol motifs (C(OH)–C–C–N with tert-alkyl or cyclic N) is 1. The van der Waals surface area contributed by atoms with Crippen molar-refractivity contribution >= 4 is 11.6 Å². The molecule has 1 saturated heterocycles. The molecule has 1 aliphatic heterocycles. The first-order chi connectivity index (χ1) is 11.1. The highest BCUT2D eigenvalue weighted by atomic mass is 35.5. The summed E-state index contributed by atoms with van der Waals surface area (Å²) in [5, 5.41) is 21.2. The Bertz CT molecular complexity index is 512. The third kappa shape index (κ3) is 5.17. The Balaban J connectivity index is 1.86. The second-order valence-corrected chi connectivity index (χ2v) is 8.53. The van der Waals surface area contributed by atoms with Gasteiger partial charge in [0.1, 0.15) is 0 Å². The molecule has 1 fully saturated rings. The van der Waals surface area contributed by atoms with Crippen LogP contribution in [0.1, 0.15) is 46.1 Å². The van der Waals surface area contributed by atoms with Crippen LogP contribution in [-0.4, -0.2) is 51.6 Å². The molecule has 1 atom stereocenters. The van der Waals surface area contributed by atoms with Crippen LogP contribution in [0.2, 0.25) is 5.02 Å². The van der Waals surface area contributed by atoms with E-state index in [9.17, 15) is 10.2 Å². The monoisotopic (exact) mass is 355 g/mol. The van der Waals surface area contributed by atoms with Gasteiger partial charge in [0.2, 0.25) is 0 Å². The number of aliphatic hydroxyl groups is 2. The van der Waals surface area contributed by atoms with Gasteiger partial charge in [-0.05, 0) is 58.2 Å². The van der Waals surface area contributed by atoms with E-state index in [1.54, 1.807) is 0 Å². The molecule has 0 unspecified atom stereocenters. The Kier molecular flexibility index (Phi) is 6.32. The van der Waals surface area contributed by atoms with Crippen molar-refractivity contribution in [3.8, 4) is 0 Å². The minimum atomic E-state index is -0.564. The van der Waals surface area contributed by atoms with Crippen molar-refractivity contribution in [1.82, 2.24) is 4.90 Å². The fourth-order valence-electron chi connectivity index (χ4n) is 3.92. The predicted molar refractivity (Wildman–Crippen MR) is 97.2 cm³/mol. The van der Waals surface area contributed by atoms with E-state index in [2.05, 4.69) is 32.6 Å². The van der Waals surface area contributed by atoms with Gasteiger partial charge >= 0.3 is 0 Å². The Morgan fingerprint density at radius 1 is 1.17 bits per heavy atom. The van der Waals surface area contributed by atoms with Crippen molar-refractivity contribution in [1.29, 1.82) is 0 Å². The third-order valence-corrected chi connectivity index (χ3v) is 5.07. The first-order valence-electron chi connectivity index (χ1n) is 8.56. The van der Waals surface area contributed by atoms with E-state index in [-0.39, 0.29) is 23.8 Å². The quantitative estimate of drug-likeness (QED) is 0.822. The molecule has 1 aliphatic rings. The van der Waals surface area contributed by atoms with Gasteiger partial charge in [-0.2, -0.15) is 0 Å². The largest absolute Gasteiger partial charge is 0.393 e. The van der Waals surface area contributed by atoms with Gasteiger partial charge in [0.15, 0.2) is 0 Å². The van der Waals surface area contributed by atoms with Crippen molar-refractivity contribution in [2.24, 2.45) is 0 Å². The van der Waals surface area contributed by atoms with Crippen LogP contribution >= 0.6 is 11.6 Å². The minimum absolute atomic E-state index is 0.154. The van der Waals surface area contributed by atoms with Crippen LogP contribution in [0.4, 0.5) is 0 Å². The van der Waals surface area contributed by atoms with E-state index in [4.69, 9.17) is 16.3 Å². The molecule has 136 valence electrons. The lowest BCUT2D eigenvalue weighted by atomic mass is 9.78. The molecule has 1 aromatic carbocycles. The van der Waals surface area contributed by atoms with Gasteiger partial charge in [-0.3, -0.25) is 4.90 Å². The Morgan fingerprint density at radius 2 is 1.71 bits per heavy atom. The number of halogens is 1. The number of likely N-dealkylation sites (tertiary alicyclic amines) is 1. The van der Waals surface area contributed by atoms with Crippen LogP contribution in [0.25, 0.3) is 0 Å². The van der Waals surface area contributed by atoms with Crippen molar-refractivity contribution in [3.05, 3.63) is 34.9 Å². The summed E-state index contributed by atoms with van der Waals surface area (Å²) in [4.78, 5) is 2.29. The summed E-state index contributed by atoms with van der Waals surface area (Å²) < 4.78 is 5.65. The van der Waals surface area contributed by atoms with Crippen molar-refractivity contribution in [3.63, 3.8) is 0 Å². The van der Waals surface area contributed by atoms with E-state index in [0.29, 0.717) is 18.2 Å². The average molecular weight is 356 g/mol. The summed E-state index contributed by atoms with van der Waals surface area (Å²) in [5.74, 6) is 0. The maximum absolute atomic E-state index is 10.4. The molecule has 2 rings (SSSR count). The zero-order valence-corrected chi connectivity index (χ0v) is 15.9. The molecule has 0 radical (unpaired) electrons. The minimum Gasteiger partial charge on any atom is -0.393 e. The van der Waals surface area contributed by atoms with Gasteiger partial charge in [0.25, 0.3) is 0 Å². The normalized spacial score (nSPS) is 22.5. The van der Waals surface area contributed by atoms with Gasteiger partial charge in [-0.25, -0.2) is 0 Å². The standard InChI is InChI=1S/C19H30ClNO3/c1-18(2)9-16(22)10-19(3,4)21(18)11-17(23)13-24-12-14-5-7-15(20)8-6-14/h5-8,16-17,22-23H,9-13H2,1-4H3/t17-/m1/s1. The summed E-state index contributed by atoms with van der Waals surface area (Å²) in [5.41, 5.74) is 0.727. The summed E-state index contributed by atoms with van der Waals surface area (Å²) in [6, 6.07) is 7.52. The molecule has 24 heavy (non-hydrogen) atoms. The Morgan fingerprint density at radius 3 is 2.25 bits per heavy atom. The molecular formula is C19H30ClNO3. The van der Waals surface area contributed by atoms with Crippen LogP contribution in [-0.2, 0) is 11.3 Å². The molecule has 0 aromatic heterocycles. The van der Waals surface area contributed by atoms with E-state index in [0.717, 1.165) is 18.4 Å². The second kappa shape index (κ2) is 7.71. The average Bonchev–Trinajstić information content (AvgIpc) is 2.44. The second-order valence-electron chi connectivity index (χ2n) is 8.09. The molecule has 0 spiro atoms. The molecule has 0 saturated carbocycles. The van der Waals surface area contributed by atoms with Gasteiger partial charge in [-0.15, -0.1) is 0 Å². The third-order valence-electron chi connectivity index (χ3n) is 4.82. The highest BCUT2D eigenvalue weighted by molar-refractivity contribution is 6.30. The molecule has 2 N–H and O–H groups in total. The fourth-order valence-corrected chi connectivity index (χ4v) is 4.04. The molecule has 0 amide bonds. The number of piperidine rings is 1. The van der Waals surface area contributed by atoms with Crippen LogP contribution in [0.15, 0.2) is 24.3 Å². The fraction of sp³-hybridized carbons (Fsp3) is 0.684. The van der Waals surface area contributed by atoms with Gasteiger partial charge < -0.3 is 14.9 Å². The number of rotatable bonds is 6. The maximum Gasteiger partial charge on any atom is 0.0900 e. The lowest BCUT2D eigenvalue weighted by molar-refractivity contribution is -0.105. The summed E-state index contributed by atoms with van der Waals surface area (Å²) in [7, 11) is 0. The molecule has 1 aromatic rings. The number of aliphatic hydroxyl groups excluding tert-OH is 2. The highest BCUT2D eigenvalue weighted by Gasteiger charge is 2.45. The smallest absolute Gasteiger partial charge is 0.0900 e. The highest BCUT2D eigenvalue weighted by Crippen LogP contribution is 2.38. The van der Waals surface area contributed by atoms with E-state index < -0.39 is 6.10 Å². The summed E-state index contributed by atoms with van der Waals surface area (Å²) in [6.45, 7) is 9.77. The van der Waals surface area contributed by atoms with Gasteiger partial charge in [0.05, 0.1) is 25.4 Å². The molecule has 0 aliphatic carbocycles. The zero-order chi connectivity index (χ0) is 18.0. The van der Waals surface area contributed by atoms with E-state index in [1.807, 2.05) is 24.3 Å². The lowest BCUT2D eigenvalue weighted by Gasteiger charge is -2.55. The Hall–Kier alpha value is -0.650. The van der Waals surface area contributed by atoms with Crippen LogP contribution in [0.5, 0.6) is 0 Å². The number of ether oxygens (including phenoxy) is 1.